The molecule has 0 aliphatic carbocycles. The number of benzene rings is 1. The Hall–Kier alpha value is -3.12. The maximum absolute atomic E-state index is 13.2. The summed E-state index contributed by atoms with van der Waals surface area (Å²) >= 11 is 6.04. The molecule has 1 atom stereocenters. The summed E-state index contributed by atoms with van der Waals surface area (Å²) in [5, 5.41) is 9.29. The van der Waals surface area contributed by atoms with Gasteiger partial charge in [0.1, 0.15) is 0 Å². The van der Waals surface area contributed by atoms with E-state index >= 15 is 0 Å². The number of nitrogens with zero attached hydrogens (tertiary/aromatic N) is 5. The number of aryl methyl sites for hydroxylation is 1. The van der Waals surface area contributed by atoms with E-state index in [1.165, 1.54) is 11.1 Å². The van der Waals surface area contributed by atoms with E-state index < -0.39 is 0 Å². The molecule has 7 heteroatoms. The second-order valence-corrected chi connectivity index (χ2v) is 7.92. The molecule has 0 N–H and O–H groups in total. The average molecular weight is 406 g/mol. The highest BCUT2D eigenvalue weighted by Gasteiger charge is 2.30. The first-order chi connectivity index (χ1) is 14.0. The van der Waals surface area contributed by atoms with Crippen LogP contribution in [0.4, 0.5) is 0 Å². The number of hydrogen-bond acceptors (Lipinski definition) is 3. The van der Waals surface area contributed by atoms with E-state index in [4.69, 9.17) is 11.6 Å². The number of hydrogen-bond donors (Lipinski definition) is 0. The third-order valence-electron chi connectivity index (χ3n) is 5.63. The monoisotopic (exact) mass is 405 g/mol. The summed E-state index contributed by atoms with van der Waals surface area (Å²) in [6, 6.07) is 11.9. The minimum absolute atomic E-state index is 0.0312. The first-order valence-electron chi connectivity index (χ1n) is 9.57. The molecule has 1 aliphatic rings. The maximum atomic E-state index is 13.2. The number of pyridine rings is 1. The van der Waals surface area contributed by atoms with Crippen LogP contribution < -0.4 is 0 Å². The van der Waals surface area contributed by atoms with Gasteiger partial charge in [0, 0.05) is 31.5 Å². The third-order valence-corrected chi connectivity index (χ3v) is 5.85. The van der Waals surface area contributed by atoms with Crippen LogP contribution in [0.15, 0.2) is 55.0 Å². The number of halogens is 1. The minimum Gasteiger partial charge on any atom is -0.330 e. The summed E-state index contributed by atoms with van der Waals surface area (Å²) in [5.41, 5.74) is 5.94. The molecule has 1 aliphatic heterocycles. The van der Waals surface area contributed by atoms with Crippen molar-refractivity contribution in [2.75, 3.05) is 6.54 Å². The molecule has 3 aromatic heterocycles. The predicted octanol–water partition coefficient (Wildman–Crippen LogP) is 4.15. The van der Waals surface area contributed by atoms with Gasteiger partial charge in [-0.1, -0.05) is 23.7 Å². The van der Waals surface area contributed by atoms with Gasteiger partial charge in [-0.15, -0.1) is 0 Å². The normalized spacial score (nSPS) is 16.2. The molecular formula is C22H20ClN5O. The summed E-state index contributed by atoms with van der Waals surface area (Å²) in [4.78, 5) is 15.1. The van der Waals surface area contributed by atoms with Gasteiger partial charge >= 0.3 is 0 Å². The van der Waals surface area contributed by atoms with Gasteiger partial charge in [-0.05, 0) is 54.3 Å². The van der Waals surface area contributed by atoms with Crippen molar-refractivity contribution in [3.05, 3.63) is 76.8 Å². The standard InChI is InChI=1S/C22H20ClN5O/c1-14-20-9-16(17-11-24-26(2)12-17)4-3-15(20)7-8-27(14)22(29)21-10-19-6-5-18(23)13-28(19)25-21/h3-6,9-14H,7-8H2,1-2H3. The van der Waals surface area contributed by atoms with Crippen molar-refractivity contribution < 1.29 is 4.79 Å². The first kappa shape index (κ1) is 17.9. The molecule has 1 unspecified atom stereocenters. The van der Waals surface area contributed by atoms with Gasteiger partial charge in [-0.25, -0.2) is 4.52 Å². The Kier molecular flexibility index (Phi) is 4.17. The lowest BCUT2D eigenvalue weighted by Crippen LogP contribution is -2.39. The zero-order valence-electron chi connectivity index (χ0n) is 16.2. The molecule has 5 rings (SSSR count). The molecule has 4 aromatic rings. The van der Waals surface area contributed by atoms with Crippen LogP contribution in [-0.4, -0.2) is 36.7 Å². The fraction of sp³-hybridized carbons (Fsp3) is 0.227. The molecule has 0 saturated carbocycles. The van der Waals surface area contributed by atoms with Crippen LogP contribution in [0.3, 0.4) is 0 Å². The Morgan fingerprint density at radius 1 is 1.14 bits per heavy atom. The number of carbonyl (C=O) groups is 1. The molecule has 1 amide bonds. The SMILES string of the molecule is CC1c2cc(-c3cnn(C)c3)ccc2CCN1C(=O)c1cc2ccc(Cl)cn2n1. The number of aromatic nitrogens is 4. The first-order valence-corrected chi connectivity index (χ1v) is 9.95. The zero-order valence-corrected chi connectivity index (χ0v) is 17.0. The minimum atomic E-state index is -0.0604. The second-order valence-electron chi connectivity index (χ2n) is 7.49. The molecule has 0 saturated heterocycles. The van der Waals surface area contributed by atoms with E-state index in [0.717, 1.165) is 23.1 Å². The Morgan fingerprint density at radius 2 is 2.00 bits per heavy atom. The molecule has 6 nitrogen and oxygen atoms in total. The van der Waals surface area contributed by atoms with Crippen LogP contribution in [0.2, 0.25) is 5.02 Å². The topological polar surface area (TPSA) is 55.4 Å². The van der Waals surface area contributed by atoms with Crippen molar-refractivity contribution in [3.8, 4) is 11.1 Å². The van der Waals surface area contributed by atoms with Gasteiger partial charge in [0.05, 0.1) is 22.8 Å². The highest BCUT2D eigenvalue weighted by molar-refractivity contribution is 6.30. The smallest absolute Gasteiger partial charge is 0.274 e. The van der Waals surface area contributed by atoms with Crippen LogP contribution in [0.25, 0.3) is 16.6 Å². The zero-order chi connectivity index (χ0) is 20.1. The van der Waals surface area contributed by atoms with E-state index in [0.29, 0.717) is 17.3 Å². The maximum Gasteiger partial charge on any atom is 0.274 e. The largest absolute Gasteiger partial charge is 0.330 e. The Morgan fingerprint density at radius 3 is 2.79 bits per heavy atom. The molecule has 29 heavy (non-hydrogen) atoms. The van der Waals surface area contributed by atoms with Gasteiger partial charge in [-0.3, -0.25) is 9.48 Å². The third kappa shape index (κ3) is 3.09. The quantitative estimate of drug-likeness (QED) is 0.503. The van der Waals surface area contributed by atoms with Crippen LogP contribution in [0.5, 0.6) is 0 Å². The van der Waals surface area contributed by atoms with Crippen LogP contribution >= 0.6 is 11.6 Å². The highest BCUT2D eigenvalue weighted by Crippen LogP contribution is 2.33. The molecule has 0 spiro atoms. The fourth-order valence-electron chi connectivity index (χ4n) is 4.05. The summed E-state index contributed by atoms with van der Waals surface area (Å²) in [5.74, 6) is -0.0604. The van der Waals surface area contributed by atoms with Crippen LogP contribution in [0, 0.1) is 0 Å². The van der Waals surface area contributed by atoms with Crippen molar-refractivity contribution in [2.45, 2.75) is 19.4 Å². The lowest BCUT2D eigenvalue weighted by atomic mass is 9.90. The Balaban J connectivity index is 1.48. The van der Waals surface area contributed by atoms with Crippen LogP contribution in [-0.2, 0) is 13.5 Å². The van der Waals surface area contributed by atoms with Gasteiger partial charge in [-0.2, -0.15) is 10.2 Å². The summed E-state index contributed by atoms with van der Waals surface area (Å²) < 4.78 is 3.45. The second kappa shape index (κ2) is 6.74. The average Bonchev–Trinajstić information content (AvgIpc) is 3.33. The van der Waals surface area contributed by atoms with Gasteiger partial charge in [0.2, 0.25) is 0 Å². The highest BCUT2D eigenvalue weighted by atomic mass is 35.5. The summed E-state index contributed by atoms with van der Waals surface area (Å²) in [7, 11) is 1.91. The molecule has 146 valence electrons. The molecule has 0 bridgehead atoms. The Bertz CT molecular complexity index is 1240. The van der Waals surface area contributed by atoms with Gasteiger partial charge in [0.25, 0.3) is 5.91 Å². The van der Waals surface area contributed by atoms with E-state index in [2.05, 4.69) is 35.3 Å². The summed E-state index contributed by atoms with van der Waals surface area (Å²) in [6.45, 7) is 2.75. The predicted molar refractivity (Wildman–Crippen MR) is 112 cm³/mol. The van der Waals surface area contributed by atoms with Crippen molar-refractivity contribution in [1.29, 1.82) is 0 Å². The van der Waals surface area contributed by atoms with Crippen molar-refractivity contribution in [2.24, 2.45) is 7.05 Å². The van der Waals surface area contributed by atoms with E-state index in [1.54, 1.807) is 21.5 Å². The molecule has 4 heterocycles. The van der Waals surface area contributed by atoms with E-state index in [-0.39, 0.29) is 11.9 Å². The lowest BCUT2D eigenvalue weighted by molar-refractivity contribution is 0.0671. The van der Waals surface area contributed by atoms with Gasteiger partial charge < -0.3 is 4.90 Å². The molecule has 0 radical (unpaired) electrons. The number of carbonyl (C=O) groups excluding carboxylic acids is 1. The number of fused-ring (bicyclic) bond motifs is 2. The Labute approximate surface area is 173 Å². The molecular weight excluding hydrogens is 386 g/mol. The summed E-state index contributed by atoms with van der Waals surface area (Å²) in [6.07, 6.45) is 6.40. The number of amides is 1. The van der Waals surface area contributed by atoms with Crippen molar-refractivity contribution in [1.82, 2.24) is 24.3 Å². The molecule has 0 fully saturated rings. The van der Waals surface area contributed by atoms with Crippen LogP contribution in [0.1, 0.15) is 34.6 Å². The van der Waals surface area contributed by atoms with Crippen molar-refractivity contribution in [3.63, 3.8) is 0 Å². The lowest BCUT2D eigenvalue weighted by Gasteiger charge is -2.35. The van der Waals surface area contributed by atoms with Crippen molar-refractivity contribution >= 4 is 23.0 Å². The van der Waals surface area contributed by atoms with Gasteiger partial charge in [0.15, 0.2) is 5.69 Å². The van der Waals surface area contributed by atoms with E-state index in [9.17, 15) is 4.79 Å². The van der Waals surface area contributed by atoms with E-state index in [1.807, 2.05) is 36.5 Å². The molecule has 1 aromatic carbocycles. The fourth-order valence-corrected chi connectivity index (χ4v) is 4.21. The number of rotatable bonds is 2.